The first-order chi connectivity index (χ1) is 11.0. The summed E-state index contributed by atoms with van der Waals surface area (Å²) < 4.78 is 20.0. The minimum absolute atomic E-state index is 0.385. The van der Waals surface area contributed by atoms with Gasteiger partial charge >= 0.3 is 139 Å². The number of aliphatic hydroxyl groups is 3. The predicted octanol–water partition coefficient (Wildman–Crippen LogP) is -1.03. The zero-order chi connectivity index (χ0) is 16.6. The summed E-state index contributed by atoms with van der Waals surface area (Å²) in [5.74, 6) is -0.394. The number of aromatic nitrogens is 3. The Hall–Kier alpha value is -1.35. The van der Waals surface area contributed by atoms with Crippen LogP contribution in [0.2, 0.25) is 0 Å². The standard InChI is InChI=1S/C14H16FN3O4Se/c15-8-3-1-2-7(4-8)9-5-18(17-16-9)11-12(20)10(6-19)22-14(23)13(11)21/h1-5,10-14,19-21,23H,6H2/t10-,11+,12+,13-,14+/m1/s1. The number of nitrogens with zero attached hydrogens (tertiary/aromatic N) is 3. The Morgan fingerprint density at radius 3 is 2.78 bits per heavy atom. The molecule has 0 spiro atoms. The van der Waals surface area contributed by atoms with E-state index in [1.807, 2.05) is 0 Å². The van der Waals surface area contributed by atoms with Crippen LogP contribution >= 0.6 is 0 Å². The first kappa shape index (κ1) is 16.5. The molecule has 5 atom stereocenters. The van der Waals surface area contributed by atoms with Crippen LogP contribution in [0.1, 0.15) is 6.04 Å². The third-order valence-corrected chi connectivity index (χ3v) is 4.70. The summed E-state index contributed by atoms with van der Waals surface area (Å²) in [6.07, 6.45) is -1.52. The zero-order valence-corrected chi connectivity index (χ0v) is 13.8. The molecule has 3 rings (SSSR count). The molecule has 0 radical (unpaired) electrons. The van der Waals surface area contributed by atoms with Crippen molar-refractivity contribution in [3.63, 3.8) is 0 Å². The second-order valence-electron chi connectivity index (χ2n) is 5.31. The summed E-state index contributed by atoms with van der Waals surface area (Å²) >= 11 is 2.15. The van der Waals surface area contributed by atoms with Gasteiger partial charge in [0.15, 0.2) is 0 Å². The third-order valence-electron chi connectivity index (χ3n) is 3.80. The van der Waals surface area contributed by atoms with Crippen LogP contribution in [0.25, 0.3) is 11.3 Å². The molecular formula is C14H16FN3O4Se. The summed E-state index contributed by atoms with van der Waals surface area (Å²) in [5.41, 5.74) is 0.952. The molecule has 1 saturated heterocycles. The Balaban J connectivity index is 1.92. The Morgan fingerprint density at radius 1 is 1.30 bits per heavy atom. The van der Waals surface area contributed by atoms with E-state index in [9.17, 15) is 19.7 Å². The van der Waals surface area contributed by atoms with Gasteiger partial charge in [0.1, 0.15) is 0 Å². The molecule has 1 aliphatic heterocycles. The molecule has 7 nitrogen and oxygen atoms in total. The molecule has 9 heteroatoms. The van der Waals surface area contributed by atoms with Crippen LogP contribution in [-0.4, -0.2) is 76.2 Å². The third kappa shape index (κ3) is 3.16. The molecule has 0 aliphatic carbocycles. The van der Waals surface area contributed by atoms with E-state index in [-0.39, 0.29) is 6.61 Å². The molecule has 23 heavy (non-hydrogen) atoms. The van der Waals surface area contributed by atoms with Gasteiger partial charge in [-0.25, -0.2) is 0 Å². The monoisotopic (exact) mass is 389 g/mol. The second kappa shape index (κ2) is 6.64. The molecule has 0 amide bonds. The van der Waals surface area contributed by atoms with Crippen molar-refractivity contribution in [1.29, 1.82) is 0 Å². The Kier molecular flexibility index (Phi) is 4.77. The molecule has 2 aromatic rings. The Morgan fingerprint density at radius 2 is 2.09 bits per heavy atom. The van der Waals surface area contributed by atoms with Gasteiger partial charge in [0.05, 0.1) is 0 Å². The molecule has 1 aliphatic rings. The van der Waals surface area contributed by atoms with Crippen LogP contribution in [0.5, 0.6) is 0 Å². The number of halogens is 1. The molecule has 0 saturated carbocycles. The summed E-state index contributed by atoms with van der Waals surface area (Å²) in [7, 11) is 0. The summed E-state index contributed by atoms with van der Waals surface area (Å²) in [5, 5.41) is 37.1. The van der Waals surface area contributed by atoms with Gasteiger partial charge < -0.3 is 0 Å². The van der Waals surface area contributed by atoms with E-state index in [4.69, 9.17) is 4.74 Å². The molecule has 124 valence electrons. The Bertz CT molecular complexity index is 686. The number of ether oxygens (including phenoxy) is 1. The SMILES string of the molecule is OC[C@H]1O[C@@H]([SeH])[C@H](O)[C@@H](n2cc(-c3cccc(F)c3)nn2)[C@H]1O. The van der Waals surface area contributed by atoms with Crippen molar-refractivity contribution in [2.24, 2.45) is 0 Å². The van der Waals surface area contributed by atoms with Gasteiger partial charge in [0.25, 0.3) is 0 Å². The van der Waals surface area contributed by atoms with Gasteiger partial charge in [-0.3, -0.25) is 0 Å². The van der Waals surface area contributed by atoms with Gasteiger partial charge in [0, 0.05) is 0 Å². The molecular weight excluding hydrogens is 372 g/mol. The number of hydrogen-bond acceptors (Lipinski definition) is 6. The number of aliphatic hydroxyl groups excluding tert-OH is 3. The molecule has 1 aromatic heterocycles. The quantitative estimate of drug-likeness (QED) is 0.582. The molecule has 1 aromatic carbocycles. The maximum atomic E-state index is 13.3. The van der Waals surface area contributed by atoms with Crippen molar-refractivity contribution in [1.82, 2.24) is 15.0 Å². The van der Waals surface area contributed by atoms with Crippen LogP contribution in [0.15, 0.2) is 30.5 Å². The van der Waals surface area contributed by atoms with Crippen LogP contribution in [0.4, 0.5) is 4.39 Å². The van der Waals surface area contributed by atoms with E-state index >= 15 is 0 Å². The average molecular weight is 388 g/mol. The van der Waals surface area contributed by atoms with Gasteiger partial charge in [-0.05, 0) is 0 Å². The number of benzene rings is 1. The first-order valence-corrected chi connectivity index (χ1v) is 8.08. The summed E-state index contributed by atoms with van der Waals surface area (Å²) in [6.45, 7) is -0.385. The normalized spacial score (nSPS) is 31.3. The van der Waals surface area contributed by atoms with Crippen LogP contribution in [0.3, 0.4) is 0 Å². The van der Waals surface area contributed by atoms with E-state index in [1.54, 1.807) is 12.1 Å². The number of hydrogen-bond donors (Lipinski definition) is 3. The van der Waals surface area contributed by atoms with Crippen LogP contribution in [-0.2, 0) is 4.74 Å². The van der Waals surface area contributed by atoms with Gasteiger partial charge in [-0.15, -0.1) is 0 Å². The van der Waals surface area contributed by atoms with Crippen LogP contribution in [0, 0.1) is 5.82 Å². The van der Waals surface area contributed by atoms with E-state index < -0.39 is 35.2 Å². The second-order valence-corrected chi connectivity index (χ2v) is 6.38. The molecule has 0 unspecified atom stereocenters. The van der Waals surface area contributed by atoms with Gasteiger partial charge in [-0.2, -0.15) is 0 Å². The van der Waals surface area contributed by atoms with Gasteiger partial charge in [0.2, 0.25) is 0 Å². The fourth-order valence-corrected chi connectivity index (χ4v) is 3.30. The molecule has 3 N–H and O–H groups in total. The van der Waals surface area contributed by atoms with E-state index in [2.05, 4.69) is 26.3 Å². The maximum absolute atomic E-state index is 13.3. The van der Waals surface area contributed by atoms with Crippen LogP contribution < -0.4 is 0 Å². The zero-order valence-electron chi connectivity index (χ0n) is 11.9. The van der Waals surface area contributed by atoms with Crippen molar-refractivity contribution in [3.8, 4) is 11.3 Å². The van der Waals surface area contributed by atoms with E-state index in [0.29, 0.717) is 11.3 Å². The van der Waals surface area contributed by atoms with Gasteiger partial charge in [-0.1, -0.05) is 0 Å². The summed E-state index contributed by atoms with van der Waals surface area (Å²) in [6, 6.07) is 5.06. The fourth-order valence-electron chi connectivity index (χ4n) is 2.60. The molecule has 0 bridgehead atoms. The van der Waals surface area contributed by atoms with E-state index in [0.717, 1.165) is 0 Å². The van der Waals surface area contributed by atoms with Crippen molar-refractivity contribution in [2.45, 2.75) is 29.4 Å². The topological polar surface area (TPSA) is 101 Å². The molecule has 2 heterocycles. The Labute approximate surface area is 139 Å². The van der Waals surface area contributed by atoms with Crippen molar-refractivity contribution < 1.29 is 24.4 Å². The average Bonchev–Trinajstić information content (AvgIpc) is 3.01. The number of rotatable bonds is 3. The minimum atomic E-state index is -1.16. The molecule has 1 fully saturated rings. The van der Waals surface area contributed by atoms with Crippen molar-refractivity contribution >= 4 is 16.0 Å². The fraction of sp³-hybridized carbons (Fsp3) is 0.429. The first-order valence-electron chi connectivity index (χ1n) is 6.99. The van der Waals surface area contributed by atoms with Crippen molar-refractivity contribution in [3.05, 3.63) is 36.3 Å². The van der Waals surface area contributed by atoms with Crippen molar-refractivity contribution in [2.75, 3.05) is 6.61 Å². The van der Waals surface area contributed by atoms with E-state index in [1.165, 1.54) is 23.0 Å². The predicted molar refractivity (Wildman–Crippen MR) is 79.4 cm³/mol. The summed E-state index contributed by atoms with van der Waals surface area (Å²) in [4.78, 5) is 0.